The monoisotopic (exact) mass is 216 g/mol. The molecule has 4 nitrogen and oxygen atoms in total. The van der Waals surface area contributed by atoms with Crippen LogP contribution in [-0.2, 0) is 18.9 Å². The predicted octanol–water partition coefficient (Wildman–Crippen LogP) is 1.54. The fourth-order valence-electron chi connectivity index (χ4n) is 2.55. The van der Waals surface area contributed by atoms with Crippen LogP contribution in [0.3, 0.4) is 0 Å². The van der Waals surface area contributed by atoms with Gasteiger partial charge >= 0.3 is 0 Å². The summed E-state index contributed by atoms with van der Waals surface area (Å²) in [4.78, 5) is 0. The Balaban J connectivity index is 2.35. The zero-order valence-electron chi connectivity index (χ0n) is 9.96. The van der Waals surface area contributed by atoms with E-state index >= 15 is 0 Å². The van der Waals surface area contributed by atoms with Gasteiger partial charge in [0.2, 0.25) is 0 Å². The van der Waals surface area contributed by atoms with Crippen LogP contribution in [0, 0.1) is 5.41 Å². The van der Waals surface area contributed by atoms with E-state index < -0.39 is 0 Å². The Bertz CT molecular complexity index is 223. The summed E-state index contributed by atoms with van der Waals surface area (Å²) in [6.45, 7) is 10.3. The van der Waals surface area contributed by atoms with Gasteiger partial charge in [0.25, 0.3) is 0 Å². The number of ether oxygens (including phenoxy) is 4. The molecule has 88 valence electrons. The number of hydrogen-bond donors (Lipinski definition) is 0. The van der Waals surface area contributed by atoms with Crippen LogP contribution in [-0.4, -0.2) is 38.0 Å². The maximum Gasteiger partial charge on any atom is 0.148 e. The third-order valence-corrected chi connectivity index (χ3v) is 4.01. The highest BCUT2D eigenvalue weighted by atomic mass is 16.7. The number of rotatable bonds is 0. The van der Waals surface area contributed by atoms with E-state index in [0.29, 0.717) is 26.8 Å². The normalized spacial score (nSPS) is 32.8. The Morgan fingerprint density at radius 3 is 1.67 bits per heavy atom. The molecule has 4 heteroatoms. The van der Waals surface area contributed by atoms with Crippen molar-refractivity contribution >= 4 is 0 Å². The first-order valence-corrected chi connectivity index (χ1v) is 5.35. The van der Waals surface area contributed by atoms with Gasteiger partial charge in [-0.1, -0.05) is 0 Å². The van der Waals surface area contributed by atoms with Gasteiger partial charge in [-0.2, -0.15) is 0 Å². The lowest BCUT2D eigenvalue weighted by Crippen LogP contribution is -2.68. The van der Waals surface area contributed by atoms with Crippen LogP contribution in [0.25, 0.3) is 0 Å². The van der Waals surface area contributed by atoms with Gasteiger partial charge in [-0.3, -0.25) is 0 Å². The summed E-state index contributed by atoms with van der Waals surface area (Å²) >= 11 is 0. The average Bonchev–Trinajstić information content (AvgIpc) is 2.16. The van der Waals surface area contributed by atoms with E-state index in [1.807, 2.05) is 0 Å². The minimum atomic E-state index is -0.296. The van der Waals surface area contributed by atoms with Crippen molar-refractivity contribution < 1.29 is 18.9 Å². The average molecular weight is 216 g/mol. The summed E-state index contributed by atoms with van der Waals surface area (Å²) < 4.78 is 22.3. The van der Waals surface area contributed by atoms with Crippen molar-refractivity contribution in [3.8, 4) is 0 Å². The van der Waals surface area contributed by atoms with Gasteiger partial charge < -0.3 is 18.9 Å². The van der Waals surface area contributed by atoms with Crippen molar-refractivity contribution in [2.24, 2.45) is 5.41 Å². The van der Waals surface area contributed by atoms with Crippen LogP contribution in [0.15, 0.2) is 0 Å². The van der Waals surface area contributed by atoms with Crippen LogP contribution in [0.2, 0.25) is 0 Å². The van der Waals surface area contributed by atoms with E-state index in [4.69, 9.17) is 18.9 Å². The molecule has 2 aliphatic rings. The van der Waals surface area contributed by atoms with Crippen molar-refractivity contribution in [3.05, 3.63) is 0 Å². The van der Waals surface area contributed by atoms with E-state index in [9.17, 15) is 0 Å². The summed E-state index contributed by atoms with van der Waals surface area (Å²) in [5, 5.41) is 0. The Kier molecular flexibility index (Phi) is 2.58. The molecule has 2 heterocycles. The van der Waals surface area contributed by atoms with Crippen LogP contribution in [0.1, 0.15) is 27.7 Å². The van der Waals surface area contributed by atoms with Gasteiger partial charge in [0.05, 0.1) is 29.8 Å². The van der Waals surface area contributed by atoms with Crippen molar-refractivity contribution in [2.45, 2.75) is 38.9 Å². The van der Waals surface area contributed by atoms with Crippen molar-refractivity contribution in [3.63, 3.8) is 0 Å². The van der Waals surface area contributed by atoms with Gasteiger partial charge in [0.1, 0.15) is 13.6 Å². The van der Waals surface area contributed by atoms with Crippen LogP contribution in [0.4, 0.5) is 0 Å². The maximum atomic E-state index is 5.71. The third kappa shape index (κ3) is 1.51. The molecular formula is C11H20O4. The minimum absolute atomic E-state index is 0.240. The first-order chi connectivity index (χ1) is 6.91. The first-order valence-electron chi connectivity index (χ1n) is 5.35. The second-order valence-corrected chi connectivity index (χ2v) is 5.32. The Hall–Kier alpha value is -0.160. The van der Waals surface area contributed by atoms with Crippen molar-refractivity contribution in [2.75, 3.05) is 26.8 Å². The molecule has 15 heavy (non-hydrogen) atoms. The molecule has 2 saturated heterocycles. The van der Waals surface area contributed by atoms with Gasteiger partial charge in [-0.15, -0.1) is 0 Å². The zero-order valence-corrected chi connectivity index (χ0v) is 9.96. The third-order valence-electron chi connectivity index (χ3n) is 4.01. The van der Waals surface area contributed by atoms with E-state index in [0.717, 1.165) is 0 Å². The predicted molar refractivity (Wildman–Crippen MR) is 54.4 cm³/mol. The smallest absolute Gasteiger partial charge is 0.148 e. The molecule has 0 unspecified atom stereocenters. The lowest BCUT2D eigenvalue weighted by atomic mass is 9.63. The molecule has 0 aromatic rings. The molecule has 0 radical (unpaired) electrons. The molecule has 0 N–H and O–H groups in total. The van der Waals surface area contributed by atoms with Gasteiger partial charge in [0, 0.05) is 0 Å². The highest BCUT2D eigenvalue weighted by Gasteiger charge is 2.60. The van der Waals surface area contributed by atoms with Gasteiger partial charge in [-0.25, -0.2) is 0 Å². The molecule has 0 bridgehead atoms. The summed E-state index contributed by atoms with van der Waals surface area (Å²) in [5.74, 6) is 0. The minimum Gasteiger partial charge on any atom is -0.355 e. The maximum absolute atomic E-state index is 5.71. The highest BCUT2D eigenvalue weighted by molar-refractivity contribution is 5.07. The van der Waals surface area contributed by atoms with E-state index in [1.165, 1.54) is 0 Å². The van der Waals surface area contributed by atoms with E-state index in [2.05, 4.69) is 27.7 Å². The Morgan fingerprint density at radius 1 is 0.733 bits per heavy atom. The number of hydrogen-bond acceptors (Lipinski definition) is 4. The molecule has 0 atom stereocenters. The van der Waals surface area contributed by atoms with Gasteiger partial charge in [-0.05, 0) is 27.7 Å². The second kappa shape index (κ2) is 3.42. The Labute approximate surface area is 90.8 Å². The molecule has 2 aliphatic heterocycles. The van der Waals surface area contributed by atoms with Crippen molar-refractivity contribution in [1.29, 1.82) is 0 Å². The lowest BCUT2D eigenvalue weighted by molar-refractivity contribution is -0.361. The topological polar surface area (TPSA) is 36.9 Å². The summed E-state index contributed by atoms with van der Waals surface area (Å²) in [6.07, 6.45) is 0. The molecule has 1 spiro atoms. The summed E-state index contributed by atoms with van der Waals surface area (Å²) in [5.41, 5.74) is -0.832. The zero-order chi connectivity index (χ0) is 11.2. The van der Waals surface area contributed by atoms with Crippen molar-refractivity contribution in [1.82, 2.24) is 0 Å². The van der Waals surface area contributed by atoms with Crippen LogP contribution < -0.4 is 0 Å². The first kappa shape index (κ1) is 11.3. The summed E-state index contributed by atoms with van der Waals surface area (Å²) in [6, 6.07) is 0. The molecular weight excluding hydrogens is 196 g/mol. The Morgan fingerprint density at radius 2 is 1.20 bits per heavy atom. The SMILES string of the molecule is CC1(C)OCOC(C)(C)C12COCOC2. The van der Waals surface area contributed by atoms with Crippen LogP contribution in [0.5, 0.6) is 0 Å². The molecule has 0 saturated carbocycles. The fourth-order valence-corrected chi connectivity index (χ4v) is 2.55. The van der Waals surface area contributed by atoms with E-state index in [1.54, 1.807) is 0 Å². The molecule has 0 amide bonds. The van der Waals surface area contributed by atoms with Crippen LogP contribution >= 0.6 is 0 Å². The molecule has 2 fully saturated rings. The second-order valence-electron chi connectivity index (χ2n) is 5.32. The quantitative estimate of drug-likeness (QED) is 0.615. The fraction of sp³-hybridized carbons (Fsp3) is 1.00. The molecule has 0 aliphatic carbocycles. The summed E-state index contributed by atoms with van der Waals surface area (Å²) in [7, 11) is 0. The standard InChI is InChI=1S/C11H20O4/c1-9(2)11(5-12-7-13-6-11)10(3,4)15-8-14-9/h5-8H2,1-4H3. The molecule has 0 aromatic carbocycles. The molecule has 0 aromatic heterocycles. The highest BCUT2D eigenvalue weighted by Crippen LogP contribution is 2.50. The lowest BCUT2D eigenvalue weighted by Gasteiger charge is -2.58. The van der Waals surface area contributed by atoms with E-state index in [-0.39, 0.29) is 16.6 Å². The largest absolute Gasteiger partial charge is 0.355 e. The molecule has 2 rings (SSSR count). The van der Waals surface area contributed by atoms with Gasteiger partial charge in [0.15, 0.2) is 0 Å².